The fourth-order valence-electron chi connectivity index (χ4n) is 2.37. The third-order valence-corrected chi connectivity index (χ3v) is 5.63. The smallest absolute Gasteiger partial charge is 0.244 e. The monoisotopic (exact) mass is 316 g/mol. The molecule has 1 heterocycles. The molecule has 1 aromatic heterocycles. The van der Waals surface area contributed by atoms with Crippen LogP contribution in [0, 0.1) is 0 Å². The molecule has 1 saturated carbocycles. The van der Waals surface area contributed by atoms with Crippen LogP contribution in [-0.2, 0) is 21.4 Å². The van der Waals surface area contributed by atoms with E-state index in [1.165, 1.54) is 4.31 Å². The largest absolute Gasteiger partial charge is 0.390 e. The third kappa shape index (κ3) is 3.66. The van der Waals surface area contributed by atoms with E-state index in [0.29, 0.717) is 38.0 Å². The molecule has 0 aromatic carbocycles. The molecule has 0 unspecified atom stereocenters. The molecule has 0 atom stereocenters. The number of sulfonamides is 1. The Hall–Kier alpha value is -0.890. The number of likely N-dealkylation sites (N-methyl/N-ethyl adjacent to an activating group) is 1. The Labute approximate surface area is 126 Å². The van der Waals surface area contributed by atoms with Gasteiger partial charge < -0.3 is 14.4 Å². The van der Waals surface area contributed by atoms with E-state index in [2.05, 4.69) is 0 Å². The number of nitrogens with zero attached hydrogens (tertiary/aromatic N) is 2. The number of hydrogen-bond donors (Lipinski definition) is 1. The van der Waals surface area contributed by atoms with Crippen molar-refractivity contribution in [1.29, 1.82) is 0 Å². The maximum absolute atomic E-state index is 12.7. The van der Waals surface area contributed by atoms with Crippen molar-refractivity contribution in [1.82, 2.24) is 8.87 Å². The van der Waals surface area contributed by atoms with Gasteiger partial charge in [-0.15, -0.1) is 0 Å². The van der Waals surface area contributed by atoms with Crippen molar-refractivity contribution in [3.63, 3.8) is 0 Å². The second-order valence-corrected chi connectivity index (χ2v) is 7.10. The molecule has 0 spiro atoms. The molecule has 1 fully saturated rings. The quantitative estimate of drug-likeness (QED) is 0.698. The van der Waals surface area contributed by atoms with Crippen LogP contribution in [-0.4, -0.2) is 48.7 Å². The van der Waals surface area contributed by atoms with Crippen molar-refractivity contribution in [2.24, 2.45) is 0 Å². The zero-order chi connectivity index (χ0) is 15.5. The van der Waals surface area contributed by atoms with Gasteiger partial charge in [-0.1, -0.05) is 6.92 Å². The predicted molar refractivity (Wildman–Crippen MR) is 79.6 cm³/mol. The highest BCUT2D eigenvalue weighted by Gasteiger charge is 2.30. The summed E-state index contributed by atoms with van der Waals surface area (Å²) < 4.78 is 33.9. The number of aliphatic hydroxyl groups excluding tert-OH is 1. The molecule has 7 heteroatoms. The molecular formula is C14H24N2O4S. The van der Waals surface area contributed by atoms with E-state index < -0.39 is 10.0 Å². The second kappa shape index (κ2) is 6.91. The number of aromatic nitrogens is 1. The van der Waals surface area contributed by atoms with Gasteiger partial charge in [0.2, 0.25) is 10.0 Å². The van der Waals surface area contributed by atoms with E-state index in [1.54, 1.807) is 12.3 Å². The summed E-state index contributed by atoms with van der Waals surface area (Å²) in [5, 5.41) is 9.39. The maximum atomic E-state index is 12.7. The van der Waals surface area contributed by atoms with Crippen LogP contribution in [0.25, 0.3) is 0 Å². The van der Waals surface area contributed by atoms with Crippen LogP contribution < -0.4 is 0 Å². The summed E-state index contributed by atoms with van der Waals surface area (Å²) in [5.41, 5.74) is 0.664. The Bertz CT molecular complexity index is 564. The Morgan fingerprint density at radius 2 is 2.14 bits per heavy atom. The number of hydrogen-bond acceptors (Lipinski definition) is 4. The molecule has 2 rings (SSSR count). The lowest BCUT2D eigenvalue weighted by atomic mass is 10.4. The lowest BCUT2D eigenvalue weighted by Gasteiger charge is -2.19. The third-order valence-electron chi connectivity index (χ3n) is 3.69. The van der Waals surface area contributed by atoms with Gasteiger partial charge in [0, 0.05) is 37.6 Å². The first-order chi connectivity index (χ1) is 10.0. The Kier molecular flexibility index (Phi) is 5.43. The van der Waals surface area contributed by atoms with E-state index in [4.69, 9.17) is 4.74 Å². The normalized spacial score (nSPS) is 15.8. The van der Waals surface area contributed by atoms with Gasteiger partial charge in [0.05, 0.1) is 13.2 Å². The summed E-state index contributed by atoms with van der Waals surface area (Å²) in [4.78, 5) is 0.261. The Morgan fingerprint density at radius 3 is 2.67 bits per heavy atom. The average Bonchev–Trinajstić information content (AvgIpc) is 3.21. The van der Waals surface area contributed by atoms with E-state index >= 15 is 0 Å². The van der Waals surface area contributed by atoms with Crippen molar-refractivity contribution >= 4 is 10.0 Å². The van der Waals surface area contributed by atoms with E-state index in [9.17, 15) is 13.5 Å². The fourth-order valence-corrected chi connectivity index (χ4v) is 3.85. The van der Waals surface area contributed by atoms with Crippen molar-refractivity contribution in [3.05, 3.63) is 18.0 Å². The topological polar surface area (TPSA) is 71.8 Å². The zero-order valence-electron chi connectivity index (χ0n) is 12.7. The molecule has 0 aliphatic heterocycles. The van der Waals surface area contributed by atoms with Gasteiger partial charge in [-0.2, -0.15) is 4.31 Å². The van der Waals surface area contributed by atoms with Crippen LogP contribution in [0.2, 0.25) is 0 Å². The van der Waals surface area contributed by atoms with Crippen LogP contribution in [0.1, 0.15) is 38.4 Å². The van der Waals surface area contributed by atoms with Crippen LogP contribution in [0.5, 0.6) is 0 Å². The Morgan fingerprint density at radius 1 is 1.43 bits per heavy atom. The van der Waals surface area contributed by atoms with E-state index in [1.807, 2.05) is 18.4 Å². The summed E-state index contributed by atoms with van der Waals surface area (Å²) in [6.45, 7) is 5.26. The first kappa shape index (κ1) is 16.5. The summed E-state index contributed by atoms with van der Waals surface area (Å²) in [5.74, 6) is 0. The minimum atomic E-state index is -3.53. The summed E-state index contributed by atoms with van der Waals surface area (Å²) in [7, 11) is -3.53. The molecule has 6 nitrogen and oxygen atoms in total. The highest BCUT2D eigenvalue weighted by atomic mass is 32.2. The van der Waals surface area contributed by atoms with Crippen molar-refractivity contribution in [3.8, 4) is 0 Å². The van der Waals surface area contributed by atoms with E-state index in [-0.39, 0.29) is 11.5 Å². The summed E-state index contributed by atoms with van der Waals surface area (Å²) >= 11 is 0. The summed E-state index contributed by atoms with van der Waals surface area (Å²) in [6, 6.07) is 1.92. The maximum Gasteiger partial charge on any atom is 0.244 e. The molecule has 1 aromatic rings. The SMILES string of the molecule is CCOCCN(CC)S(=O)(=O)c1cc(CO)n(C2CC2)c1. The van der Waals surface area contributed by atoms with Gasteiger partial charge in [0.25, 0.3) is 0 Å². The van der Waals surface area contributed by atoms with Gasteiger partial charge in [0.15, 0.2) is 0 Å². The Balaban J connectivity index is 2.20. The standard InChI is InChI=1S/C14H24N2O4S/c1-3-15(7-8-20-4-2)21(18,19)14-9-13(11-17)16(10-14)12-5-6-12/h9-10,12,17H,3-8,11H2,1-2H3. The highest BCUT2D eigenvalue weighted by molar-refractivity contribution is 7.89. The van der Waals surface area contributed by atoms with E-state index in [0.717, 1.165) is 12.8 Å². The van der Waals surface area contributed by atoms with Gasteiger partial charge in [-0.3, -0.25) is 0 Å². The molecule has 1 aliphatic rings. The molecule has 1 aliphatic carbocycles. The fraction of sp³-hybridized carbons (Fsp3) is 0.714. The molecule has 21 heavy (non-hydrogen) atoms. The molecule has 1 N–H and O–H groups in total. The minimum Gasteiger partial charge on any atom is -0.390 e. The molecule has 0 amide bonds. The van der Waals surface area contributed by atoms with Gasteiger partial charge >= 0.3 is 0 Å². The summed E-state index contributed by atoms with van der Waals surface area (Å²) in [6.07, 6.45) is 3.74. The number of aliphatic hydroxyl groups is 1. The van der Waals surface area contributed by atoms with Gasteiger partial charge in [0.1, 0.15) is 4.90 Å². The van der Waals surface area contributed by atoms with Crippen LogP contribution in [0.15, 0.2) is 17.2 Å². The van der Waals surface area contributed by atoms with Crippen molar-refractivity contribution in [2.45, 2.75) is 44.2 Å². The first-order valence-corrected chi connectivity index (χ1v) is 8.88. The number of rotatable bonds is 9. The molecule has 0 bridgehead atoms. The highest BCUT2D eigenvalue weighted by Crippen LogP contribution is 2.37. The number of ether oxygens (including phenoxy) is 1. The van der Waals surface area contributed by atoms with Gasteiger partial charge in [-0.05, 0) is 25.8 Å². The van der Waals surface area contributed by atoms with Crippen molar-refractivity contribution < 1.29 is 18.3 Å². The molecule has 0 radical (unpaired) electrons. The zero-order valence-corrected chi connectivity index (χ0v) is 13.5. The average molecular weight is 316 g/mol. The predicted octanol–water partition coefficient (Wildman–Crippen LogP) is 1.36. The first-order valence-electron chi connectivity index (χ1n) is 7.44. The van der Waals surface area contributed by atoms with Crippen LogP contribution in [0.3, 0.4) is 0 Å². The lowest BCUT2D eigenvalue weighted by molar-refractivity contribution is 0.135. The van der Waals surface area contributed by atoms with Crippen LogP contribution in [0.4, 0.5) is 0 Å². The van der Waals surface area contributed by atoms with Gasteiger partial charge in [-0.25, -0.2) is 8.42 Å². The molecule has 120 valence electrons. The minimum absolute atomic E-state index is 0.142. The lowest BCUT2D eigenvalue weighted by Crippen LogP contribution is -2.33. The second-order valence-electron chi connectivity index (χ2n) is 5.16. The molecular weight excluding hydrogens is 292 g/mol. The van der Waals surface area contributed by atoms with Crippen molar-refractivity contribution in [2.75, 3.05) is 26.3 Å². The molecule has 0 saturated heterocycles. The van der Waals surface area contributed by atoms with Crippen LogP contribution >= 0.6 is 0 Å².